The highest BCUT2D eigenvalue weighted by Crippen LogP contribution is 2.44. The van der Waals surface area contributed by atoms with Crippen LogP contribution in [0.25, 0.3) is 0 Å². The Morgan fingerprint density at radius 3 is 2.30 bits per heavy atom. The van der Waals surface area contributed by atoms with Crippen LogP contribution < -0.4 is 0 Å². The van der Waals surface area contributed by atoms with Crippen LogP contribution in [0.4, 0.5) is 5.69 Å². The fourth-order valence-electron chi connectivity index (χ4n) is 3.80. The number of benzene rings is 1. The van der Waals surface area contributed by atoms with Crippen molar-refractivity contribution in [3.8, 4) is 0 Å². The Hall–Kier alpha value is -3.10. The molecule has 142 valence electrons. The molecule has 1 unspecified atom stereocenters. The van der Waals surface area contributed by atoms with Crippen LogP contribution in [0.1, 0.15) is 31.1 Å². The predicted molar refractivity (Wildman–Crippen MR) is 90.4 cm³/mol. The first-order valence-corrected chi connectivity index (χ1v) is 8.51. The van der Waals surface area contributed by atoms with E-state index in [0.717, 1.165) is 24.3 Å². The van der Waals surface area contributed by atoms with Crippen LogP contribution in [0.2, 0.25) is 0 Å². The van der Waals surface area contributed by atoms with Crippen molar-refractivity contribution in [2.45, 2.75) is 32.9 Å². The van der Waals surface area contributed by atoms with Crippen LogP contribution in [-0.4, -0.2) is 45.5 Å². The summed E-state index contributed by atoms with van der Waals surface area (Å²) in [7, 11) is 0. The Bertz CT molecular complexity index is 846. The number of esters is 2. The van der Waals surface area contributed by atoms with Gasteiger partial charge in [-0.3, -0.25) is 19.7 Å². The topological polar surface area (TPSA) is 124 Å². The van der Waals surface area contributed by atoms with Gasteiger partial charge in [0.15, 0.2) is 11.8 Å². The van der Waals surface area contributed by atoms with Gasteiger partial charge in [-0.15, -0.1) is 0 Å². The molecule has 9 nitrogen and oxygen atoms in total. The summed E-state index contributed by atoms with van der Waals surface area (Å²) in [6, 6.07) is 2.72. The Morgan fingerprint density at radius 2 is 1.78 bits per heavy atom. The number of carbonyl (C=O) groups excluding carboxylic acids is 4. The maximum absolute atomic E-state index is 12.5. The number of fused-ring (bicyclic) bond motifs is 1. The third kappa shape index (κ3) is 2.88. The van der Waals surface area contributed by atoms with E-state index >= 15 is 0 Å². The normalized spacial score (nSPS) is 26.6. The molecule has 2 aliphatic rings. The molecule has 2 heterocycles. The molecule has 1 amide bonds. The zero-order valence-electron chi connectivity index (χ0n) is 14.9. The van der Waals surface area contributed by atoms with Gasteiger partial charge in [0, 0.05) is 18.1 Å². The van der Waals surface area contributed by atoms with Crippen LogP contribution >= 0.6 is 0 Å². The lowest BCUT2D eigenvalue weighted by molar-refractivity contribution is -0.384. The van der Waals surface area contributed by atoms with E-state index in [1.54, 1.807) is 6.92 Å². The molecule has 1 aromatic rings. The number of carbonyl (C=O) groups is 4. The number of hydrogen-bond acceptors (Lipinski definition) is 7. The van der Waals surface area contributed by atoms with E-state index in [4.69, 9.17) is 4.74 Å². The lowest BCUT2D eigenvalue weighted by atomic mass is 9.76. The smallest absolute Gasteiger partial charge is 0.345 e. The maximum Gasteiger partial charge on any atom is 0.345 e. The van der Waals surface area contributed by atoms with Gasteiger partial charge in [0.05, 0.1) is 22.4 Å². The second-order valence-corrected chi connectivity index (χ2v) is 7.11. The lowest BCUT2D eigenvalue weighted by Gasteiger charge is -2.47. The van der Waals surface area contributed by atoms with Gasteiger partial charge in [-0.2, -0.15) is 0 Å². The van der Waals surface area contributed by atoms with Gasteiger partial charge in [0.2, 0.25) is 5.91 Å². The number of non-ortho nitro benzene ring substituents is 1. The number of Topliss-reactive ketones (excluding diaryl/α,β-unsaturated/α-hetero) is 1. The predicted octanol–water partition coefficient (Wildman–Crippen LogP) is 1.35. The summed E-state index contributed by atoms with van der Waals surface area (Å²) in [6.07, 6.45) is 0. The van der Waals surface area contributed by atoms with E-state index < -0.39 is 34.6 Å². The number of ether oxygens (including phenoxy) is 1. The maximum atomic E-state index is 12.5. The third-order valence-corrected chi connectivity index (χ3v) is 5.19. The number of β-lactam (4-membered cyclic amide) rings is 1. The summed E-state index contributed by atoms with van der Waals surface area (Å²) in [5, 5.41) is 10.6. The van der Waals surface area contributed by atoms with Crippen molar-refractivity contribution in [3.63, 3.8) is 0 Å². The second kappa shape index (κ2) is 6.57. The zero-order chi connectivity index (χ0) is 20.0. The molecular weight excluding hydrogens is 356 g/mol. The van der Waals surface area contributed by atoms with Crippen LogP contribution in [0.15, 0.2) is 24.3 Å². The summed E-state index contributed by atoms with van der Waals surface area (Å²) >= 11 is 0. The van der Waals surface area contributed by atoms with E-state index in [-0.39, 0.29) is 35.0 Å². The second-order valence-electron chi connectivity index (χ2n) is 7.11. The standard InChI is InChI=1S/C18H18N2O7/c1-8(2)12-13-9(3)15(21)14(19(13)16(12)22)18(24)27-17(23)10-4-6-11(7-5-10)20(25)26/h4-9,12-14H,1-3H3/t9-,12-,13-,14?/m1/s1. The molecular formula is C18H18N2O7. The number of amides is 1. The molecule has 9 heteroatoms. The molecule has 2 fully saturated rings. The van der Waals surface area contributed by atoms with Gasteiger partial charge < -0.3 is 9.64 Å². The van der Waals surface area contributed by atoms with Crippen LogP contribution in [0.3, 0.4) is 0 Å². The highest BCUT2D eigenvalue weighted by Gasteiger charge is 2.64. The molecule has 0 bridgehead atoms. The molecule has 0 saturated carbocycles. The Labute approximate surface area is 154 Å². The zero-order valence-corrected chi connectivity index (χ0v) is 14.9. The van der Waals surface area contributed by atoms with E-state index in [1.807, 2.05) is 13.8 Å². The molecule has 2 saturated heterocycles. The van der Waals surface area contributed by atoms with Crippen molar-refractivity contribution < 1.29 is 28.8 Å². The number of nitrogens with zero attached hydrogens (tertiary/aromatic N) is 2. The summed E-state index contributed by atoms with van der Waals surface area (Å²) in [5.41, 5.74) is -0.287. The Morgan fingerprint density at radius 1 is 1.19 bits per heavy atom. The SMILES string of the molecule is CC(C)[C@H]1C(=O)N2C(C(=O)OC(=O)c3ccc([N+](=O)[O-])cc3)C(=O)[C@H](C)[C@H]12. The van der Waals surface area contributed by atoms with Crippen LogP contribution in [0, 0.1) is 27.9 Å². The van der Waals surface area contributed by atoms with Crippen molar-refractivity contribution in [1.29, 1.82) is 0 Å². The minimum absolute atomic E-state index is 0.0329. The minimum atomic E-state index is -1.42. The quantitative estimate of drug-likeness (QED) is 0.256. The molecule has 27 heavy (non-hydrogen) atoms. The van der Waals surface area contributed by atoms with E-state index in [1.165, 1.54) is 4.90 Å². The van der Waals surface area contributed by atoms with E-state index in [0.29, 0.717) is 0 Å². The molecule has 0 aromatic heterocycles. The number of hydrogen-bond donors (Lipinski definition) is 0. The van der Waals surface area contributed by atoms with Gasteiger partial charge in [-0.25, -0.2) is 9.59 Å². The van der Waals surface area contributed by atoms with Crippen molar-refractivity contribution in [2.75, 3.05) is 0 Å². The number of rotatable bonds is 4. The first-order valence-electron chi connectivity index (χ1n) is 8.51. The lowest BCUT2D eigenvalue weighted by Crippen LogP contribution is -2.64. The van der Waals surface area contributed by atoms with E-state index in [9.17, 15) is 29.3 Å². The molecule has 4 atom stereocenters. The molecule has 1 aromatic carbocycles. The van der Waals surface area contributed by atoms with Crippen molar-refractivity contribution >= 4 is 29.3 Å². The monoisotopic (exact) mass is 374 g/mol. The highest BCUT2D eigenvalue weighted by atomic mass is 16.6. The van der Waals surface area contributed by atoms with Gasteiger partial charge in [-0.1, -0.05) is 20.8 Å². The summed E-state index contributed by atoms with van der Waals surface area (Å²) in [4.78, 5) is 60.6. The fraction of sp³-hybridized carbons (Fsp3) is 0.444. The van der Waals surface area contributed by atoms with Crippen LogP contribution in [0.5, 0.6) is 0 Å². The van der Waals surface area contributed by atoms with Crippen molar-refractivity contribution in [3.05, 3.63) is 39.9 Å². The van der Waals surface area contributed by atoms with E-state index in [2.05, 4.69) is 0 Å². The first-order chi connectivity index (χ1) is 12.6. The van der Waals surface area contributed by atoms with Crippen LogP contribution in [-0.2, 0) is 19.1 Å². The number of nitro groups is 1. The Balaban J connectivity index is 1.74. The number of ketones is 1. The molecule has 0 N–H and O–H groups in total. The molecule has 0 radical (unpaired) electrons. The summed E-state index contributed by atoms with van der Waals surface area (Å²) in [5.74, 6) is -3.68. The van der Waals surface area contributed by atoms with Crippen molar-refractivity contribution in [1.82, 2.24) is 4.90 Å². The van der Waals surface area contributed by atoms with Gasteiger partial charge in [0.1, 0.15) is 0 Å². The average molecular weight is 374 g/mol. The third-order valence-electron chi connectivity index (χ3n) is 5.19. The first kappa shape index (κ1) is 18.7. The molecule has 0 spiro atoms. The minimum Gasteiger partial charge on any atom is -0.388 e. The highest BCUT2D eigenvalue weighted by molar-refractivity contribution is 6.14. The molecule has 3 rings (SSSR count). The molecule has 2 aliphatic heterocycles. The number of nitro benzene ring substituents is 1. The summed E-state index contributed by atoms with van der Waals surface area (Å²) < 4.78 is 4.77. The average Bonchev–Trinajstić information content (AvgIpc) is 2.83. The largest absolute Gasteiger partial charge is 0.388 e. The molecule has 0 aliphatic carbocycles. The van der Waals surface area contributed by atoms with Crippen molar-refractivity contribution in [2.24, 2.45) is 17.8 Å². The van der Waals surface area contributed by atoms with Gasteiger partial charge >= 0.3 is 11.9 Å². The van der Waals surface area contributed by atoms with Gasteiger partial charge in [0.25, 0.3) is 5.69 Å². The Kier molecular flexibility index (Phi) is 4.54. The fourth-order valence-corrected chi connectivity index (χ4v) is 3.80. The van der Waals surface area contributed by atoms with Gasteiger partial charge in [-0.05, 0) is 18.1 Å². The summed E-state index contributed by atoms with van der Waals surface area (Å²) in [6.45, 7) is 5.41.